The molecule has 0 saturated heterocycles. The van der Waals surface area contributed by atoms with Crippen molar-refractivity contribution in [3.8, 4) is 16.9 Å². The number of rotatable bonds is 12. The van der Waals surface area contributed by atoms with Crippen molar-refractivity contribution in [2.75, 3.05) is 23.3 Å². The second-order valence-corrected chi connectivity index (χ2v) is 14.9. The molecule has 0 radical (unpaired) electrons. The molecule has 0 spiro atoms. The van der Waals surface area contributed by atoms with Crippen LogP contribution in [0.25, 0.3) is 21.9 Å². The van der Waals surface area contributed by atoms with Gasteiger partial charge in [-0.1, -0.05) is 48.2 Å². The molecule has 23 heteroatoms. The minimum Gasteiger partial charge on any atom is -0.870 e. The molecular weight excluding hydrogens is 848 g/mol. The number of aryl methyl sites for hydroxylation is 1. The number of carboxylic acid groups (broad SMARTS) is 1. The molecule has 0 aliphatic heterocycles. The molecule has 0 bridgehead atoms. The van der Waals surface area contributed by atoms with Crippen LogP contribution in [0.4, 0.5) is 51.2 Å². The van der Waals surface area contributed by atoms with E-state index in [1.54, 1.807) is 85.8 Å². The van der Waals surface area contributed by atoms with Gasteiger partial charge in [-0.2, -0.15) is 23.8 Å². The van der Waals surface area contributed by atoms with E-state index >= 15 is 0 Å². The van der Waals surface area contributed by atoms with Crippen LogP contribution in [0.15, 0.2) is 144 Å². The zero-order chi connectivity index (χ0) is 41.1. The van der Waals surface area contributed by atoms with Crippen molar-refractivity contribution in [2.24, 2.45) is 30.7 Å². The maximum atomic E-state index is 13.7. The third kappa shape index (κ3) is 12.0. The number of carbonyl (C=O) groups excluding carboxylic acids is 1. The van der Waals surface area contributed by atoms with Gasteiger partial charge in [0, 0.05) is 11.1 Å². The molecule has 6 aromatic carbocycles. The Balaban J connectivity index is 0.00000320. The van der Waals surface area contributed by atoms with Gasteiger partial charge in [-0.25, -0.2) is 8.42 Å². The second kappa shape index (κ2) is 21.1. The molecule has 6 rings (SSSR count). The van der Waals surface area contributed by atoms with Gasteiger partial charge in [-0.15, -0.1) is 15.3 Å². The van der Waals surface area contributed by atoms with Crippen molar-refractivity contribution in [1.29, 1.82) is 0 Å². The van der Waals surface area contributed by atoms with Crippen LogP contribution in [0, 0.1) is 6.92 Å². The number of hydrogen-bond donors (Lipinski definition) is 4. The third-order valence-electron chi connectivity index (χ3n) is 8.27. The van der Waals surface area contributed by atoms with Gasteiger partial charge in [0.15, 0.2) is 0 Å². The monoisotopic (exact) mass is 875 g/mol. The van der Waals surface area contributed by atoms with Crippen molar-refractivity contribution >= 4 is 88.2 Å². The molecule has 0 atom stereocenters. The predicted molar refractivity (Wildman–Crippen MR) is 206 cm³/mol. The zero-order valence-corrected chi connectivity index (χ0v) is 40.0. The van der Waals surface area contributed by atoms with E-state index in [0.717, 1.165) is 23.3 Å². The second-order valence-electron chi connectivity index (χ2n) is 12.2. The first-order valence-electron chi connectivity index (χ1n) is 16.4. The van der Waals surface area contributed by atoms with E-state index in [1.807, 2.05) is 0 Å². The number of anilines is 3. The number of nitrogen functional groups attached to an aromatic ring is 2. The van der Waals surface area contributed by atoms with E-state index in [0.29, 0.717) is 22.6 Å². The number of carbonyl (C=O) groups is 1. The molecule has 0 aliphatic rings. The van der Waals surface area contributed by atoms with Crippen LogP contribution in [0.1, 0.15) is 5.56 Å². The van der Waals surface area contributed by atoms with E-state index < -0.39 is 69.6 Å². The normalized spacial score (nSPS) is 11.7. The molecule has 6 N–H and O–H groups in total. The fourth-order valence-electron chi connectivity index (χ4n) is 5.50. The number of fused-ring (bicyclic) bond motifs is 1. The molecule has 0 heterocycles. The number of carboxylic acids is 1. The van der Waals surface area contributed by atoms with Crippen LogP contribution in [-0.2, 0) is 25.0 Å². The van der Waals surface area contributed by atoms with E-state index in [1.165, 1.54) is 12.1 Å². The third-order valence-corrected chi connectivity index (χ3v) is 9.98. The number of hydrogen-bond acceptors (Lipinski definition) is 17. The number of aliphatic carboxylic acids is 1. The van der Waals surface area contributed by atoms with Crippen LogP contribution in [-0.4, -0.2) is 38.5 Å². The van der Waals surface area contributed by atoms with Crippen LogP contribution in [0.2, 0.25) is 0 Å². The number of nitrogens with one attached hydrogen (secondary N) is 1. The molecule has 18 nitrogen and oxygen atoms in total. The standard InChI is InChI=1S/C37H31N9O9S2.3Na/c1-20-15-29(27(38)18-28(20)40-19-32(47)48)44-41-25-11-7-21(8-12-25)22-9-13-26(14-10-22)43-45-35-30(56(50,51)52)16-23-17-31(57(53,54)55)36(37(49)33(23)34(35)39)46-42-24-5-3-2-4-6-24;;;/h2-18,40,49H,19,38-39H2,1H3,(H,47,48)(H,50,51,52)(H,53,54,55);;;/q;3*+1/p-3. The van der Waals surface area contributed by atoms with Gasteiger partial charge < -0.3 is 36.3 Å². The fourth-order valence-corrected chi connectivity index (χ4v) is 6.81. The van der Waals surface area contributed by atoms with Crippen molar-refractivity contribution in [1.82, 2.24) is 0 Å². The largest absolute Gasteiger partial charge is 1.00 e. The average Bonchev–Trinajstić information content (AvgIpc) is 3.16. The summed E-state index contributed by atoms with van der Waals surface area (Å²) in [5.74, 6) is -2.40. The van der Waals surface area contributed by atoms with E-state index in [9.17, 15) is 40.9 Å². The molecule has 0 aliphatic carbocycles. The van der Waals surface area contributed by atoms with Crippen LogP contribution >= 0.6 is 0 Å². The first-order chi connectivity index (χ1) is 27.0. The topological polar surface area (TPSA) is 313 Å². The Hall–Kier alpha value is -4.13. The maximum Gasteiger partial charge on any atom is 1.00 e. The number of nitrogens with zero attached hydrogens (tertiary/aromatic N) is 6. The fraction of sp³-hybridized carbons (Fsp3) is 0.0541. The van der Waals surface area contributed by atoms with Crippen molar-refractivity contribution < 1.29 is 130 Å². The van der Waals surface area contributed by atoms with Gasteiger partial charge >= 0.3 is 88.7 Å². The Bertz CT molecular complexity index is 2870. The van der Waals surface area contributed by atoms with E-state index in [2.05, 4.69) is 36.0 Å². The zero-order valence-electron chi connectivity index (χ0n) is 32.4. The van der Waals surface area contributed by atoms with Crippen molar-refractivity contribution in [3.05, 3.63) is 109 Å². The van der Waals surface area contributed by atoms with E-state index in [4.69, 9.17) is 11.5 Å². The summed E-state index contributed by atoms with van der Waals surface area (Å²) in [5, 5.41) is 50.3. The number of azo groups is 3. The number of benzene rings is 6. The van der Waals surface area contributed by atoms with Gasteiger partial charge in [0.05, 0.1) is 51.5 Å². The van der Waals surface area contributed by atoms with Crippen LogP contribution in [0.3, 0.4) is 0 Å². The Morgan fingerprint density at radius 1 is 0.700 bits per heavy atom. The minimum atomic E-state index is -5.33. The van der Waals surface area contributed by atoms with Crippen molar-refractivity contribution in [3.63, 3.8) is 0 Å². The van der Waals surface area contributed by atoms with Gasteiger partial charge in [0.25, 0.3) is 10.1 Å². The van der Waals surface area contributed by atoms with Crippen LogP contribution in [0.5, 0.6) is 5.75 Å². The minimum absolute atomic E-state index is 0. The average molecular weight is 876 g/mol. The SMILES string of the molecule is Cc1cc(N=Nc2ccc(-c3ccc(N=Nc4c(S(=O)(=O)[O-])cc5cc(S(=O)(=O)O)c(N=Nc6ccccc6)c([O-])c5c4N)cc3)cc2)c(N)cc1NCC(=O)[O-].[Na+].[Na+].[Na+]. The molecule has 60 heavy (non-hydrogen) atoms. The Kier molecular flexibility index (Phi) is 17.7. The summed E-state index contributed by atoms with van der Waals surface area (Å²) in [4.78, 5) is 8.78. The predicted octanol–water partition coefficient (Wildman–Crippen LogP) is -2.38. The van der Waals surface area contributed by atoms with Gasteiger partial charge in [0.2, 0.25) is 0 Å². The summed E-state index contributed by atoms with van der Waals surface area (Å²) < 4.78 is 71.4. The van der Waals surface area contributed by atoms with Crippen molar-refractivity contribution in [2.45, 2.75) is 16.7 Å². The molecule has 290 valence electrons. The summed E-state index contributed by atoms with van der Waals surface area (Å²) in [7, 11) is -10.4. The molecule has 0 unspecified atom stereocenters. The number of nitrogens with two attached hydrogens (primary N) is 2. The summed E-state index contributed by atoms with van der Waals surface area (Å²) in [6.07, 6.45) is 0. The maximum absolute atomic E-state index is 13.7. The molecule has 6 aromatic rings. The quantitative estimate of drug-likeness (QED) is 0.0434. The molecule has 0 saturated carbocycles. The first kappa shape index (κ1) is 50.2. The van der Waals surface area contributed by atoms with Crippen LogP contribution < -0.4 is 116 Å². The summed E-state index contributed by atoms with van der Waals surface area (Å²) in [6, 6.07) is 26.1. The van der Waals surface area contributed by atoms with Gasteiger partial charge in [-0.3, -0.25) is 4.55 Å². The summed E-state index contributed by atoms with van der Waals surface area (Å²) in [5.41, 5.74) is 14.6. The van der Waals surface area contributed by atoms with Gasteiger partial charge in [-0.05, 0) is 89.7 Å². The molecule has 0 aromatic heterocycles. The van der Waals surface area contributed by atoms with E-state index in [-0.39, 0.29) is 112 Å². The Labute approximate surface area is 409 Å². The Morgan fingerprint density at radius 2 is 1.20 bits per heavy atom. The first-order valence-corrected chi connectivity index (χ1v) is 19.2. The molecule has 0 fully saturated rings. The summed E-state index contributed by atoms with van der Waals surface area (Å²) in [6.45, 7) is 1.39. The molecular formula is C37H28N9Na3O9S2. The Morgan fingerprint density at radius 3 is 1.72 bits per heavy atom. The summed E-state index contributed by atoms with van der Waals surface area (Å²) >= 11 is 0. The van der Waals surface area contributed by atoms with Gasteiger partial charge in [0.1, 0.15) is 26.4 Å². The smallest absolute Gasteiger partial charge is 0.870 e. The molecule has 0 amide bonds.